The molecule has 1 heterocycles. The number of alkyl carbamates (subject to hydrolysis) is 1. The lowest BCUT2D eigenvalue weighted by molar-refractivity contribution is -0.133. The average Bonchev–Trinajstić information content (AvgIpc) is 2.91. The number of aliphatic hydroxyl groups excluding tert-OH is 1. The number of thioether (sulfide) groups is 1. The van der Waals surface area contributed by atoms with Gasteiger partial charge in [0, 0.05) is 29.3 Å². The van der Waals surface area contributed by atoms with Gasteiger partial charge < -0.3 is 25.8 Å². The number of β-amino-alcohol motifs (C(OH)–C–C–N with tert-alkyl or cyclic N) is 1. The average molecular weight is 647 g/mol. The van der Waals surface area contributed by atoms with Gasteiger partial charge in [0.1, 0.15) is 11.6 Å². The second kappa shape index (κ2) is 15.5. The first-order valence-electron chi connectivity index (χ1n) is 16.5. The highest BCUT2D eigenvalue weighted by molar-refractivity contribution is 7.99. The molecule has 1 aromatic rings. The normalized spacial score (nSPS) is 23.2. The molecule has 1 saturated heterocycles. The van der Waals surface area contributed by atoms with E-state index in [1.54, 1.807) is 32.5 Å². The lowest BCUT2D eigenvalue weighted by atomic mass is 9.72. The molecule has 1 aliphatic heterocycles. The van der Waals surface area contributed by atoms with Crippen molar-refractivity contribution in [2.75, 3.05) is 18.8 Å². The fourth-order valence-electron chi connectivity index (χ4n) is 6.31. The molecule has 10 heteroatoms. The number of fused-ring (bicyclic) bond motifs is 1. The van der Waals surface area contributed by atoms with Crippen molar-refractivity contribution >= 4 is 29.7 Å². The Kier molecular flexibility index (Phi) is 12.8. The molecule has 1 aliphatic carbocycles. The molecule has 0 unspecified atom stereocenters. The number of carbonyl (C=O) groups is 3. The minimum atomic E-state index is -0.947. The lowest BCUT2D eigenvalue weighted by Crippen LogP contribution is -2.62. The van der Waals surface area contributed by atoms with E-state index < -0.39 is 35.3 Å². The van der Waals surface area contributed by atoms with E-state index in [1.807, 2.05) is 71.9 Å². The number of ether oxygens (including phenoxy) is 1. The number of likely N-dealkylation sites (tertiary alicyclic amines) is 1. The van der Waals surface area contributed by atoms with E-state index in [0.29, 0.717) is 17.6 Å². The Labute approximate surface area is 275 Å². The summed E-state index contributed by atoms with van der Waals surface area (Å²) in [6.07, 6.45) is 3.84. The van der Waals surface area contributed by atoms with Crippen molar-refractivity contribution in [1.82, 2.24) is 20.9 Å². The van der Waals surface area contributed by atoms with Crippen LogP contribution >= 0.6 is 11.8 Å². The first-order valence-corrected chi connectivity index (χ1v) is 17.5. The van der Waals surface area contributed by atoms with Crippen LogP contribution in [-0.4, -0.2) is 82.1 Å². The molecule has 3 amide bonds. The van der Waals surface area contributed by atoms with E-state index in [4.69, 9.17) is 4.74 Å². The van der Waals surface area contributed by atoms with E-state index in [2.05, 4.69) is 20.9 Å². The number of nitrogens with zero attached hydrogens (tertiary/aromatic N) is 1. The Bertz CT molecular complexity index is 1130. The summed E-state index contributed by atoms with van der Waals surface area (Å²) in [4.78, 5) is 43.3. The molecular weight excluding hydrogens is 588 g/mol. The van der Waals surface area contributed by atoms with Gasteiger partial charge in [0.15, 0.2) is 0 Å². The molecule has 2 aliphatic rings. The molecule has 1 saturated carbocycles. The predicted molar refractivity (Wildman–Crippen MR) is 181 cm³/mol. The summed E-state index contributed by atoms with van der Waals surface area (Å²) in [6.45, 7) is 17.9. The van der Waals surface area contributed by atoms with E-state index >= 15 is 0 Å². The maximum absolute atomic E-state index is 13.8. The molecule has 6 atom stereocenters. The summed E-state index contributed by atoms with van der Waals surface area (Å²) in [5.74, 6) is 1.03. The fraction of sp³-hybridized carbons (Fsp3) is 0.743. The van der Waals surface area contributed by atoms with Gasteiger partial charge in [0.05, 0.1) is 18.2 Å². The molecule has 0 spiro atoms. The van der Waals surface area contributed by atoms with E-state index in [0.717, 1.165) is 30.7 Å². The van der Waals surface area contributed by atoms with Gasteiger partial charge in [-0.3, -0.25) is 14.5 Å². The Morgan fingerprint density at radius 3 is 2.16 bits per heavy atom. The van der Waals surface area contributed by atoms with Gasteiger partial charge in [-0.05, 0) is 83.8 Å². The number of amides is 3. The SMILES string of the molecule is CC(C)(C)NC(=O)[C@@H]1C[C@@H]2CCCC[C@@H]2CN1C[C@@H](O)[C@H](CSc1ccccc1)NC(=O)[C@@H](NC(=O)OC(C)(C)C)C(C)(C)C. The maximum atomic E-state index is 13.8. The molecule has 3 rings (SSSR count). The molecule has 45 heavy (non-hydrogen) atoms. The quantitative estimate of drug-likeness (QED) is 0.253. The number of benzene rings is 1. The number of piperidine rings is 1. The van der Waals surface area contributed by atoms with Crippen molar-refractivity contribution in [3.63, 3.8) is 0 Å². The summed E-state index contributed by atoms with van der Waals surface area (Å²) in [5.41, 5.74) is -1.70. The molecule has 1 aromatic carbocycles. The molecule has 0 aromatic heterocycles. The summed E-state index contributed by atoms with van der Waals surface area (Å²) >= 11 is 1.55. The maximum Gasteiger partial charge on any atom is 0.408 e. The summed E-state index contributed by atoms with van der Waals surface area (Å²) in [5, 5.41) is 20.8. The largest absolute Gasteiger partial charge is 0.444 e. The highest BCUT2D eigenvalue weighted by Gasteiger charge is 2.42. The minimum Gasteiger partial charge on any atom is -0.444 e. The molecule has 2 fully saturated rings. The third kappa shape index (κ3) is 12.1. The van der Waals surface area contributed by atoms with Crippen molar-refractivity contribution in [3.05, 3.63) is 30.3 Å². The Morgan fingerprint density at radius 1 is 0.956 bits per heavy atom. The third-order valence-corrected chi connectivity index (χ3v) is 9.61. The Morgan fingerprint density at radius 2 is 1.58 bits per heavy atom. The second-order valence-corrected chi connectivity index (χ2v) is 17.1. The highest BCUT2D eigenvalue weighted by Crippen LogP contribution is 2.39. The first-order chi connectivity index (χ1) is 20.8. The smallest absolute Gasteiger partial charge is 0.408 e. The second-order valence-electron chi connectivity index (χ2n) is 16.0. The predicted octanol–water partition coefficient (Wildman–Crippen LogP) is 5.36. The van der Waals surface area contributed by atoms with Crippen LogP contribution in [0.5, 0.6) is 0 Å². The number of carbonyl (C=O) groups excluding carboxylic acids is 3. The molecule has 0 bridgehead atoms. The van der Waals surface area contributed by atoms with Gasteiger partial charge in [-0.25, -0.2) is 4.79 Å². The summed E-state index contributed by atoms with van der Waals surface area (Å²) in [7, 11) is 0. The lowest BCUT2D eigenvalue weighted by Gasteiger charge is -2.47. The number of hydrogen-bond donors (Lipinski definition) is 4. The van der Waals surface area contributed by atoms with Gasteiger partial charge in [-0.15, -0.1) is 11.8 Å². The van der Waals surface area contributed by atoms with Crippen molar-refractivity contribution < 1.29 is 24.2 Å². The summed E-state index contributed by atoms with van der Waals surface area (Å²) < 4.78 is 5.46. The topological polar surface area (TPSA) is 120 Å². The molecule has 254 valence electrons. The van der Waals surface area contributed by atoms with E-state index in [1.165, 1.54) is 12.8 Å². The van der Waals surface area contributed by atoms with Crippen molar-refractivity contribution in [1.29, 1.82) is 0 Å². The first kappa shape index (κ1) is 37.2. The molecule has 9 nitrogen and oxygen atoms in total. The van der Waals surface area contributed by atoms with Crippen LogP contribution in [0.15, 0.2) is 35.2 Å². The van der Waals surface area contributed by atoms with Crippen LogP contribution in [0, 0.1) is 17.3 Å². The monoisotopic (exact) mass is 646 g/mol. The zero-order chi connectivity index (χ0) is 33.6. The van der Waals surface area contributed by atoms with E-state index in [-0.39, 0.29) is 29.9 Å². The number of aliphatic hydroxyl groups is 1. The number of hydrogen-bond acceptors (Lipinski definition) is 7. The van der Waals surface area contributed by atoms with Gasteiger partial charge in [-0.1, -0.05) is 58.2 Å². The third-order valence-electron chi connectivity index (χ3n) is 8.48. The zero-order valence-corrected chi connectivity index (χ0v) is 29.8. The van der Waals surface area contributed by atoms with Crippen molar-refractivity contribution in [3.8, 4) is 0 Å². The molecular formula is C35H58N4O5S. The van der Waals surface area contributed by atoms with Gasteiger partial charge in [0.2, 0.25) is 11.8 Å². The van der Waals surface area contributed by atoms with Crippen molar-refractivity contribution in [2.45, 2.75) is 135 Å². The Hall–Kier alpha value is -2.30. The van der Waals surface area contributed by atoms with Crippen LogP contribution < -0.4 is 16.0 Å². The zero-order valence-electron chi connectivity index (χ0n) is 28.9. The Balaban J connectivity index is 1.83. The van der Waals surface area contributed by atoms with E-state index in [9.17, 15) is 19.5 Å². The van der Waals surface area contributed by atoms with Crippen LogP contribution in [0.1, 0.15) is 94.4 Å². The van der Waals surface area contributed by atoms with Gasteiger partial charge in [-0.2, -0.15) is 0 Å². The van der Waals surface area contributed by atoms with Gasteiger partial charge in [0.25, 0.3) is 0 Å². The number of rotatable bonds is 10. The van der Waals surface area contributed by atoms with Crippen LogP contribution in [-0.2, 0) is 14.3 Å². The van der Waals surface area contributed by atoms with Crippen LogP contribution in [0.3, 0.4) is 0 Å². The van der Waals surface area contributed by atoms with Crippen LogP contribution in [0.4, 0.5) is 4.79 Å². The fourth-order valence-corrected chi connectivity index (χ4v) is 7.34. The number of nitrogens with one attached hydrogen (secondary N) is 3. The van der Waals surface area contributed by atoms with Crippen molar-refractivity contribution in [2.24, 2.45) is 17.3 Å². The molecule has 4 N–H and O–H groups in total. The molecule has 0 radical (unpaired) electrons. The minimum absolute atomic E-state index is 0.00710. The standard InChI is InChI=1S/C35H58N4O5S/c1-33(2,3)29(37-32(43)44-35(7,8)9)31(42)36-26(22-45-25-17-11-10-12-18-25)28(40)21-39-20-24-16-14-13-15-23(24)19-27(39)30(41)38-34(4,5)6/h10-12,17-18,23-24,26-29,40H,13-16,19-22H2,1-9H3,(H,36,42)(H,37,43)(H,38,41)/t23-,24+,26-,27-,28+,29+/m0/s1. The summed E-state index contributed by atoms with van der Waals surface area (Å²) in [6, 6.07) is 7.99. The van der Waals surface area contributed by atoms with Crippen LogP contribution in [0.2, 0.25) is 0 Å². The van der Waals surface area contributed by atoms with Crippen LogP contribution in [0.25, 0.3) is 0 Å². The van der Waals surface area contributed by atoms with Gasteiger partial charge >= 0.3 is 6.09 Å². The highest BCUT2D eigenvalue weighted by atomic mass is 32.2.